The summed E-state index contributed by atoms with van der Waals surface area (Å²) >= 11 is 0. The number of fused-ring (bicyclic) bond motifs is 3. The first-order chi connectivity index (χ1) is 8.31. The summed E-state index contributed by atoms with van der Waals surface area (Å²) in [5.74, 6) is 0. The molecule has 1 aromatic carbocycles. The SMILES string of the molecule is CCCn1ncc2[nH]c3ccccc3c2c1=O. The van der Waals surface area contributed by atoms with Crippen molar-refractivity contribution in [3.63, 3.8) is 0 Å². The molecule has 3 aromatic rings. The Balaban J connectivity index is 2.44. The van der Waals surface area contributed by atoms with E-state index in [1.807, 2.05) is 31.2 Å². The van der Waals surface area contributed by atoms with Gasteiger partial charge in [0.05, 0.1) is 17.1 Å². The largest absolute Gasteiger partial charge is 0.353 e. The van der Waals surface area contributed by atoms with Crippen LogP contribution >= 0.6 is 0 Å². The molecule has 0 radical (unpaired) electrons. The lowest BCUT2D eigenvalue weighted by molar-refractivity contribution is 0.574. The van der Waals surface area contributed by atoms with Crippen molar-refractivity contribution in [1.29, 1.82) is 0 Å². The monoisotopic (exact) mass is 227 g/mol. The number of nitrogens with one attached hydrogen (secondary N) is 1. The van der Waals surface area contributed by atoms with Crippen LogP contribution in [0.3, 0.4) is 0 Å². The number of aromatic amines is 1. The van der Waals surface area contributed by atoms with Gasteiger partial charge in [0.25, 0.3) is 5.56 Å². The van der Waals surface area contributed by atoms with Crippen LogP contribution in [0.4, 0.5) is 0 Å². The number of hydrogen-bond donors (Lipinski definition) is 1. The number of para-hydroxylation sites is 1. The van der Waals surface area contributed by atoms with Crippen LogP contribution in [0.25, 0.3) is 21.8 Å². The minimum absolute atomic E-state index is 0.0122. The van der Waals surface area contributed by atoms with E-state index in [0.717, 1.165) is 28.2 Å². The summed E-state index contributed by atoms with van der Waals surface area (Å²) in [7, 11) is 0. The van der Waals surface area contributed by atoms with Crippen molar-refractivity contribution >= 4 is 21.8 Å². The molecule has 0 spiro atoms. The lowest BCUT2D eigenvalue weighted by Crippen LogP contribution is -2.22. The Kier molecular flexibility index (Phi) is 2.21. The normalized spacial score (nSPS) is 11.4. The fraction of sp³-hybridized carbons (Fsp3) is 0.231. The van der Waals surface area contributed by atoms with Crippen LogP contribution in [0.5, 0.6) is 0 Å². The maximum absolute atomic E-state index is 12.3. The van der Waals surface area contributed by atoms with Gasteiger partial charge >= 0.3 is 0 Å². The van der Waals surface area contributed by atoms with Crippen molar-refractivity contribution in [2.45, 2.75) is 19.9 Å². The van der Waals surface area contributed by atoms with Crippen molar-refractivity contribution in [3.05, 3.63) is 40.8 Å². The Morgan fingerprint density at radius 1 is 1.29 bits per heavy atom. The lowest BCUT2D eigenvalue weighted by atomic mass is 10.2. The molecule has 4 nitrogen and oxygen atoms in total. The number of rotatable bonds is 2. The molecule has 0 saturated heterocycles. The van der Waals surface area contributed by atoms with Gasteiger partial charge in [-0.15, -0.1) is 0 Å². The molecule has 1 N–H and O–H groups in total. The first kappa shape index (κ1) is 10.1. The van der Waals surface area contributed by atoms with Gasteiger partial charge in [0.1, 0.15) is 0 Å². The Bertz CT molecular complexity index is 739. The van der Waals surface area contributed by atoms with E-state index in [-0.39, 0.29) is 5.56 Å². The van der Waals surface area contributed by atoms with Gasteiger partial charge < -0.3 is 4.98 Å². The minimum Gasteiger partial charge on any atom is -0.353 e. The highest BCUT2D eigenvalue weighted by Crippen LogP contribution is 2.20. The summed E-state index contributed by atoms with van der Waals surface area (Å²) in [5, 5.41) is 5.88. The molecule has 3 rings (SSSR count). The van der Waals surface area contributed by atoms with Crippen LogP contribution in [-0.2, 0) is 6.54 Å². The second kappa shape index (κ2) is 3.73. The van der Waals surface area contributed by atoms with E-state index in [0.29, 0.717) is 6.54 Å². The van der Waals surface area contributed by atoms with E-state index >= 15 is 0 Å². The van der Waals surface area contributed by atoms with Crippen molar-refractivity contribution in [1.82, 2.24) is 14.8 Å². The third-order valence-electron chi connectivity index (χ3n) is 2.95. The highest BCUT2D eigenvalue weighted by molar-refractivity contribution is 6.06. The van der Waals surface area contributed by atoms with E-state index < -0.39 is 0 Å². The molecule has 86 valence electrons. The second-order valence-corrected chi connectivity index (χ2v) is 4.13. The summed E-state index contributed by atoms with van der Waals surface area (Å²) in [4.78, 5) is 15.5. The highest BCUT2D eigenvalue weighted by Gasteiger charge is 2.09. The van der Waals surface area contributed by atoms with Crippen LogP contribution in [-0.4, -0.2) is 14.8 Å². The Hall–Kier alpha value is -2.10. The van der Waals surface area contributed by atoms with Crippen LogP contribution in [0, 0.1) is 0 Å². The van der Waals surface area contributed by atoms with Crippen molar-refractivity contribution < 1.29 is 0 Å². The van der Waals surface area contributed by atoms with Crippen LogP contribution in [0.15, 0.2) is 35.3 Å². The summed E-state index contributed by atoms with van der Waals surface area (Å²) in [6.07, 6.45) is 2.63. The van der Waals surface area contributed by atoms with Gasteiger partial charge in [-0.3, -0.25) is 4.79 Å². The van der Waals surface area contributed by atoms with Crippen LogP contribution in [0.1, 0.15) is 13.3 Å². The van der Waals surface area contributed by atoms with E-state index in [2.05, 4.69) is 10.1 Å². The third-order valence-corrected chi connectivity index (χ3v) is 2.95. The summed E-state index contributed by atoms with van der Waals surface area (Å²) in [6, 6.07) is 7.83. The molecule has 4 heteroatoms. The second-order valence-electron chi connectivity index (χ2n) is 4.13. The standard InChI is InChI=1S/C13H13N3O/c1-2-7-16-13(17)12-9-5-3-4-6-10(9)15-11(12)8-14-16/h3-6,8,15H,2,7H2,1H3. The maximum Gasteiger partial charge on any atom is 0.276 e. The number of nitrogens with zero attached hydrogens (tertiary/aromatic N) is 2. The van der Waals surface area contributed by atoms with E-state index in [4.69, 9.17) is 0 Å². The quantitative estimate of drug-likeness (QED) is 0.730. The summed E-state index contributed by atoms with van der Waals surface area (Å²) in [5.41, 5.74) is 1.78. The minimum atomic E-state index is -0.0122. The molecule has 17 heavy (non-hydrogen) atoms. The first-order valence-electron chi connectivity index (χ1n) is 5.78. The zero-order chi connectivity index (χ0) is 11.8. The lowest BCUT2D eigenvalue weighted by Gasteiger charge is -2.01. The molecular formula is C13H13N3O. The molecule has 0 fully saturated rings. The smallest absolute Gasteiger partial charge is 0.276 e. The van der Waals surface area contributed by atoms with Gasteiger partial charge in [0.15, 0.2) is 0 Å². The highest BCUT2D eigenvalue weighted by atomic mass is 16.1. The molecule has 0 aliphatic carbocycles. The van der Waals surface area contributed by atoms with Gasteiger partial charge in [0.2, 0.25) is 0 Å². The molecule has 0 aliphatic rings. The number of aryl methyl sites for hydroxylation is 1. The molecule has 0 atom stereocenters. The van der Waals surface area contributed by atoms with Gasteiger partial charge in [0, 0.05) is 17.4 Å². The molecule has 2 heterocycles. The van der Waals surface area contributed by atoms with Gasteiger partial charge in [-0.1, -0.05) is 25.1 Å². The van der Waals surface area contributed by atoms with Gasteiger partial charge in [-0.25, -0.2) is 4.68 Å². The summed E-state index contributed by atoms with van der Waals surface area (Å²) < 4.78 is 1.53. The number of H-pyrrole nitrogens is 1. The Morgan fingerprint density at radius 2 is 2.12 bits per heavy atom. The van der Waals surface area contributed by atoms with E-state index in [1.165, 1.54) is 4.68 Å². The van der Waals surface area contributed by atoms with Crippen LogP contribution < -0.4 is 5.56 Å². The summed E-state index contributed by atoms with van der Waals surface area (Å²) in [6.45, 7) is 2.70. The zero-order valence-corrected chi connectivity index (χ0v) is 9.60. The molecule has 2 aromatic heterocycles. The zero-order valence-electron chi connectivity index (χ0n) is 9.60. The number of aromatic nitrogens is 3. The topological polar surface area (TPSA) is 50.7 Å². The number of benzene rings is 1. The third kappa shape index (κ3) is 1.45. The predicted molar refractivity (Wildman–Crippen MR) is 68.2 cm³/mol. The maximum atomic E-state index is 12.3. The van der Waals surface area contributed by atoms with Gasteiger partial charge in [-0.2, -0.15) is 5.10 Å². The van der Waals surface area contributed by atoms with E-state index in [9.17, 15) is 4.79 Å². The molecule has 0 saturated carbocycles. The molecule has 0 bridgehead atoms. The molecular weight excluding hydrogens is 214 g/mol. The molecule has 0 unspecified atom stereocenters. The number of hydrogen-bond acceptors (Lipinski definition) is 2. The van der Waals surface area contributed by atoms with Crippen molar-refractivity contribution in [3.8, 4) is 0 Å². The average molecular weight is 227 g/mol. The van der Waals surface area contributed by atoms with Crippen LogP contribution in [0.2, 0.25) is 0 Å². The van der Waals surface area contributed by atoms with E-state index in [1.54, 1.807) is 6.20 Å². The Morgan fingerprint density at radius 3 is 2.94 bits per heavy atom. The molecule has 0 amide bonds. The molecule has 0 aliphatic heterocycles. The van der Waals surface area contributed by atoms with Crippen molar-refractivity contribution in [2.75, 3.05) is 0 Å². The first-order valence-corrected chi connectivity index (χ1v) is 5.78. The van der Waals surface area contributed by atoms with Crippen molar-refractivity contribution in [2.24, 2.45) is 0 Å². The fourth-order valence-electron chi connectivity index (χ4n) is 2.17. The van der Waals surface area contributed by atoms with Gasteiger partial charge in [-0.05, 0) is 12.5 Å². The Labute approximate surface area is 97.9 Å². The predicted octanol–water partition coefficient (Wildman–Crippen LogP) is 2.29. The fourth-order valence-corrected chi connectivity index (χ4v) is 2.17. The average Bonchev–Trinajstić information content (AvgIpc) is 2.72.